The Morgan fingerprint density at radius 2 is 1.75 bits per heavy atom. The van der Waals surface area contributed by atoms with Gasteiger partial charge in [-0.25, -0.2) is 9.67 Å². The molecule has 28 heavy (non-hydrogen) atoms. The van der Waals surface area contributed by atoms with Crippen LogP contribution in [0.1, 0.15) is 37.3 Å². The molecule has 0 aliphatic rings. The number of imidazole rings is 1. The maximum absolute atomic E-state index is 13.1. The number of hydrogen-bond acceptors (Lipinski definition) is 4. The second kappa shape index (κ2) is 6.92. The SMILES string of the molecule is CCn1c(NC(=O)c2nn(C(C)C)c(=O)c3ccccc23)nc2ccccc21. The Morgan fingerprint density at radius 1 is 1.07 bits per heavy atom. The highest BCUT2D eigenvalue weighted by atomic mass is 16.2. The fourth-order valence-corrected chi connectivity index (χ4v) is 3.38. The molecular weight excluding hydrogens is 354 g/mol. The summed E-state index contributed by atoms with van der Waals surface area (Å²) in [6.07, 6.45) is 0. The van der Waals surface area contributed by atoms with E-state index in [-0.39, 0.29) is 17.3 Å². The standard InChI is InChI=1S/C21H21N5O2/c1-4-25-17-12-8-7-11-16(17)22-21(25)23-19(27)18-14-9-5-6-10-15(14)20(28)26(24-18)13(2)3/h5-13H,4H2,1-3H3,(H,22,23,27). The Kier molecular flexibility index (Phi) is 4.43. The van der Waals surface area contributed by atoms with Gasteiger partial charge in [0, 0.05) is 11.9 Å². The van der Waals surface area contributed by atoms with E-state index in [1.165, 1.54) is 4.68 Å². The minimum absolute atomic E-state index is 0.163. The molecule has 0 saturated carbocycles. The first-order valence-corrected chi connectivity index (χ1v) is 9.29. The van der Waals surface area contributed by atoms with E-state index in [4.69, 9.17) is 0 Å². The molecule has 0 bridgehead atoms. The number of para-hydroxylation sites is 2. The van der Waals surface area contributed by atoms with Crippen LogP contribution in [-0.4, -0.2) is 25.2 Å². The Morgan fingerprint density at radius 3 is 2.46 bits per heavy atom. The summed E-state index contributed by atoms with van der Waals surface area (Å²) < 4.78 is 3.29. The van der Waals surface area contributed by atoms with Gasteiger partial charge in [-0.3, -0.25) is 14.9 Å². The number of rotatable bonds is 4. The van der Waals surface area contributed by atoms with Gasteiger partial charge in [-0.1, -0.05) is 30.3 Å². The van der Waals surface area contributed by atoms with Crippen molar-refractivity contribution in [1.82, 2.24) is 19.3 Å². The van der Waals surface area contributed by atoms with E-state index in [2.05, 4.69) is 15.4 Å². The van der Waals surface area contributed by atoms with Crippen LogP contribution in [0.2, 0.25) is 0 Å². The van der Waals surface area contributed by atoms with Crippen LogP contribution in [-0.2, 0) is 6.54 Å². The van der Waals surface area contributed by atoms with Crippen LogP contribution in [0.4, 0.5) is 5.95 Å². The van der Waals surface area contributed by atoms with Crippen LogP contribution in [0, 0.1) is 0 Å². The largest absolute Gasteiger partial charge is 0.310 e. The van der Waals surface area contributed by atoms with Crippen LogP contribution >= 0.6 is 0 Å². The summed E-state index contributed by atoms with van der Waals surface area (Å²) in [5.41, 5.74) is 1.76. The molecule has 0 fully saturated rings. The molecule has 0 radical (unpaired) electrons. The predicted octanol–water partition coefficient (Wildman–Crippen LogP) is 3.60. The van der Waals surface area contributed by atoms with Crippen LogP contribution < -0.4 is 10.9 Å². The maximum Gasteiger partial charge on any atom is 0.279 e. The Labute approximate surface area is 161 Å². The van der Waals surface area contributed by atoms with Crippen molar-refractivity contribution in [3.05, 3.63) is 64.6 Å². The van der Waals surface area contributed by atoms with Crippen LogP contribution in [0.5, 0.6) is 0 Å². The topological polar surface area (TPSA) is 81.8 Å². The number of amides is 1. The number of fused-ring (bicyclic) bond motifs is 2. The van der Waals surface area contributed by atoms with Crippen molar-refractivity contribution >= 4 is 33.7 Å². The van der Waals surface area contributed by atoms with Crippen molar-refractivity contribution in [3.8, 4) is 0 Å². The quantitative estimate of drug-likeness (QED) is 0.591. The highest BCUT2D eigenvalue weighted by molar-refractivity contribution is 6.10. The zero-order valence-electron chi connectivity index (χ0n) is 16.0. The molecule has 4 rings (SSSR count). The lowest BCUT2D eigenvalue weighted by Crippen LogP contribution is -2.29. The van der Waals surface area contributed by atoms with E-state index >= 15 is 0 Å². The summed E-state index contributed by atoms with van der Waals surface area (Å²) in [5.74, 6) is 0.0671. The summed E-state index contributed by atoms with van der Waals surface area (Å²) in [6.45, 7) is 6.38. The van der Waals surface area contributed by atoms with Gasteiger partial charge in [-0.15, -0.1) is 0 Å². The number of carbonyl (C=O) groups excluding carboxylic acids is 1. The molecule has 1 amide bonds. The molecular formula is C21H21N5O2. The van der Waals surface area contributed by atoms with Crippen molar-refractivity contribution < 1.29 is 4.79 Å². The van der Waals surface area contributed by atoms with Crippen LogP contribution in [0.25, 0.3) is 21.8 Å². The van der Waals surface area contributed by atoms with Gasteiger partial charge in [0.25, 0.3) is 11.5 Å². The van der Waals surface area contributed by atoms with Gasteiger partial charge in [0.15, 0.2) is 5.69 Å². The second-order valence-corrected chi connectivity index (χ2v) is 6.86. The average molecular weight is 375 g/mol. The third-order valence-corrected chi connectivity index (χ3v) is 4.73. The highest BCUT2D eigenvalue weighted by Gasteiger charge is 2.20. The van der Waals surface area contributed by atoms with Gasteiger partial charge < -0.3 is 4.57 Å². The molecule has 2 aromatic carbocycles. The fraction of sp³-hybridized carbons (Fsp3) is 0.238. The van der Waals surface area contributed by atoms with Crippen molar-refractivity contribution in [2.75, 3.05) is 5.32 Å². The molecule has 0 aliphatic heterocycles. The van der Waals surface area contributed by atoms with Gasteiger partial charge in [0.2, 0.25) is 5.95 Å². The molecule has 7 nitrogen and oxygen atoms in total. The molecule has 7 heteroatoms. The molecule has 2 heterocycles. The Balaban J connectivity index is 1.84. The molecule has 0 atom stereocenters. The lowest BCUT2D eigenvalue weighted by molar-refractivity contribution is 0.102. The zero-order valence-corrected chi connectivity index (χ0v) is 16.0. The normalized spacial score (nSPS) is 11.4. The van der Waals surface area contributed by atoms with E-state index in [1.807, 2.05) is 49.6 Å². The van der Waals surface area contributed by atoms with E-state index in [9.17, 15) is 9.59 Å². The maximum atomic E-state index is 13.1. The van der Waals surface area contributed by atoms with E-state index in [0.717, 1.165) is 11.0 Å². The van der Waals surface area contributed by atoms with Gasteiger partial charge in [-0.05, 0) is 39.0 Å². The summed E-state index contributed by atoms with van der Waals surface area (Å²) in [5, 5.41) is 8.24. The minimum atomic E-state index is -0.393. The highest BCUT2D eigenvalue weighted by Crippen LogP contribution is 2.21. The number of aromatic nitrogens is 4. The third kappa shape index (κ3) is 2.85. The number of nitrogens with one attached hydrogen (secondary N) is 1. The van der Waals surface area contributed by atoms with Crippen LogP contribution in [0.15, 0.2) is 53.3 Å². The number of benzene rings is 2. The molecule has 142 valence electrons. The number of anilines is 1. The van der Waals surface area contributed by atoms with Gasteiger partial charge in [0.05, 0.1) is 22.5 Å². The van der Waals surface area contributed by atoms with Crippen molar-refractivity contribution in [2.24, 2.45) is 0 Å². The number of carbonyl (C=O) groups is 1. The van der Waals surface area contributed by atoms with Crippen LogP contribution in [0.3, 0.4) is 0 Å². The number of nitrogens with zero attached hydrogens (tertiary/aromatic N) is 4. The second-order valence-electron chi connectivity index (χ2n) is 6.86. The van der Waals surface area contributed by atoms with E-state index in [1.54, 1.807) is 24.3 Å². The van der Waals surface area contributed by atoms with Crippen molar-refractivity contribution in [1.29, 1.82) is 0 Å². The zero-order chi connectivity index (χ0) is 19.8. The summed E-state index contributed by atoms with van der Waals surface area (Å²) in [4.78, 5) is 30.3. The summed E-state index contributed by atoms with van der Waals surface area (Å²) in [6, 6.07) is 14.6. The van der Waals surface area contributed by atoms with Crippen molar-refractivity contribution in [3.63, 3.8) is 0 Å². The lowest BCUT2D eigenvalue weighted by Gasteiger charge is -2.13. The first kappa shape index (κ1) is 17.9. The number of aryl methyl sites for hydroxylation is 1. The Bertz CT molecular complexity index is 1250. The first-order chi connectivity index (χ1) is 13.5. The number of hydrogen-bond donors (Lipinski definition) is 1. The lowest BCUT2D eigenvalue weighted by atomic mass is 10.1. The molecule has 0 saturated heterocycles. The van der Waals surface area contributed by atoms with E-state index in [0.29, 0.717) is 23.3 Å². The average Bonchev–Trinajstić information content (AvgIpc) is 3.05. The smallest absolute Gasteiger partial charge is 0.279 e. The van der Waals surface area contributed by atoms with Gasteiger partial charge in [-0.2, -0.15) is 5.10 Å². The molecule has 0 unspecified atom stereocenters. The third-order valence-electron chi connectivity index (χ3n) is 4.73. The van der Waals surface area contributed by atoms with Gasteiger partial charge in [0.1, 0.15) is 0 Å². The molecule has 1 N–H and O–H groups in total. The van der Waals surface area contributed by atoms with Crippen molar-refractivity contribution in [2.45, 2.75) is 33.4 Å². The van der Waals surface area contributed by atoms with E-state index < -0.39 is 5.91 Å². The predicted molar refractivity (Wildman–Crippen MR) is 110 cm³/mol. The first-order valence-electron chi connectivity index (χ1n) is 9.29. The minimum Gasteiger partial charge on any atom is -0.310 e. The molecule has 2 aromatic heterocycles. The summed E-state index contributed by atoms with van der Waals surface area (Å²) >= 11 is 0. The Hall–Kier alpha value is -3.48. The molecule has 0 spiro atoms. The molecule has 0 aliphatic carbocycles. The fourth-order valence-electron chi connectivity index (χ4n) is 3.38. The monoisotopic (exact) mass is 375 g/mol. The van der Waals surface area contributed by atoms with Gasteiger partial charge >= 0.3 is 0 Å². The summed E-state index contributed by atoms with van der Waals surface area (Å²) in [7, 11) is 0. The molecule has 4 aromatic rings.